The molecule has 0 aromatic rings. The molecule has 21 aliphatic heterocycles. The van der Waals surface area contributed by atoms with Crippen molar-refractivity contribution in [1.29, 1.82) is 0 Å². The molecule has 37 nitrogen and oxygen atoms in total. The quantitative estimate of drug-likeness (QED) is 0.0524. The lowest BCUT2D eigenvalue weighted by atomic mass is 9.94. The maximum Gasteiger partial charge on any atom is 0.187 e. The van der Waals surface area contributed by atoms with Crippen molar-refractivity contribution in [3.63, 3.8) is 0 Å². The lowest BCUT2D eigenvalue weighted by Gasteiger charge is -2.52. The van der Waals surface area contributed by atoms with Crippen molar-refractivity contribution >= 4 is 0 Å². The van der Waals surface area contributed by atoms with E-state index in [4.69, 9.17) is 161 Å². The molecular weight excluding hydrogens is 1330 g/mol. The van der Waals surface area contributed by atoms with Crippen LogP contribution in [0.15, 0.2) is 5.11 Å². The van der Waals surface area contributed by atoms with Crippen molar-refractivity contribution in [3.8, 4) is 0 Å². The summed E-state index contributed by atoms with van der Waals surface area (Å²) in [4.78, 5) is 3.24. The second-order valence-electron chi connectivity index (χ2n) is 24.5. The van der Waals surface area contributed by atoms with Gasteiger partial charge in [0.15, 0.2) is 44.0 Å². The predicted molar refractivity (Wildman–Crippen MR) is 331 cm³/mol. The van der Waals surface area contributed by atoms with E-state index in [9.17, 15) is 5.53 Å². The largest absolute Gasteiger partial charge is 0.382 e. The molecule has 0 aromatic heterocycles. The number of ether oxygens (including phenoxy) is 34. The van der Waals surface area contributed by atoms with Gasteiger partial charge in [-0.3, -0.25) is 0 Å². The molecule has 21 rings (SSSR count). The second kappa shape index (κ2) is 40.6. The Hall–Kier alpha value is -2.05. The summed E-state index contributed by atoms with van der Waals surface area (Å²) in [7, 11) is 29.7. The van der Waals surface area contributed by atoms with Crippen molar-refractivity contribution in [2.75, 3.05) is 188 Å². The van der Waals surface area contributed by atoms with Crippen LogP contribution in [0.3, 0.4) is 0 Å². The van der Waals surface area contributed by atoms with E-state index in [1.165, 1.54) is 142 Å². The molecule has 37 heteroatoms. The molecule has 21 fully saturated rings. The minimum atomic E-state index is -1.41. The van der Waals surface area contributed by atoms with Gasteiger partial charge >= 0.3 is 0 Å². The van der Waals surface area contributed by atoms with E-state index in [0.717, 1.165) is 0 Å². The van der Waals surface area contributed by atoms with E-state index in [0.29, 0.717) is 0 Å². The van der Waals surface area contributed by atoms with Crippen LogP contribution < -0.4 is 0 Å². The van der Waals surface area contributed by atoms with Crippen molar-refractivity contribution in [2.24, 2.45) is 5.11 Å². The Bertz CT molecular complexity index is 2330. The van der Waals surface area contributed by atoms with Gasteiger partial charge in [-0.15, -0.1) is 0 Å². The lowest BCUT2D eigenvalue weighted by molar-refractivity contribution is -0.402. The van der Waals surface area contributed by atoms with Gasteiger partial charge in [-0.2, -0.15) is 0 Å². The van der Waals surface area contributed by atoms with E-state index in [1.54, 1.807) is 0 Å². The topological polar surface area (TPSA) is 363 Å². The zero-order valence-electron chi connectivity index (χ0n) is 60.4. The third-order valence-corrected chi connectivity index (χ3v) is 19.2. The monoisotopic (exact) mass is 1440 g/mol. The van der Waals surface area contributed by atoms with Crippen LogP contribution in [0.4, 0.5) is 0 Å². The molecule has 0 radical (unpaired) electrons. The van der Waals surface area contributed by atoms with Gasteiger partial charge in [0.2, 0.25) is 0 Å². The summed E-state index contributed by atoms with van der Waals surface area (Å²) in [5, 5.41) is 4.22. The highest BCUT2D eigenvalue weighted by Crippen LogP contribution is 2.43. The third kappa shape index (κ3) is 18.2. The molecule has 99 heavy (non-hydrogen) atoms. The van der Waals surface area contributed by atoms with Gasteiger partial charge in [0.25, 0.3) is 0 Å². The number of rotatable bonds is 28. The van der Waals surface area contributed by atoms with Crippen molar-refractivity contribution in [2.45, 2.75) is 215 Å². The van der Waals surface area contributed by atoms with Crippen LogP contribution in [0.5, 0.6) is 0 Å². The molecule has 0 aliphatic carbocycles. The number of azide groups is 1. The second-order valence-corrected chi connectivity index (χ2v) is 24.5. The zero-order valence-corrected chi connectivity index (χ0v) is 60.4. The average Bonchev–Trinajstić information content (AvgIpc) is 0.794. The highest BCUT2D eigenvalue weighted by molar-refractivity contribution is 5.05. The van der Waals surface area contributed by atoms with Crippen LogP contribution in [-0.4, -0.2) is 403 Å². The van der Waals surface area contributed by atoms with Gasteiger partial charge in [0.1, 0.15) is 165 Å². The van der Waals surface area contributed by atoms with Crippen molar-refractivity contribution in [1.82, 2.24) is 0 Å². The summed E-state index contributed by atoms with van der Waals surface area (Å²) in [6, 6.07) is -1.29. The Morgan fingerprint density at radius 3 is 0.515 bits per heavy atom. The van der Waals surface area contributed by atoms with Gasteiger partial charge in [0, 0.05) is 147 Å². The minimum Gasteiger partial charge on any atom is -0.382 e. The smallest absolute Gasteiger partial charge is 0.187 e. The summed E-state index contributed by atoms with van der Waals surface area (Å²) in [5.74, 6) is 0. The number of hydrogen-bond acceptors (Lipinski definition) is 35. The molecule has 0 N–H and O–H groups in total. The average molecular weight is 1440 g/mol. The maximum atomic E-state index is 10.3. The van der Waals surface area contributed by atoms with Gasteiger partial charge in [-0.05, 0) is 5.53 Å². The summed E-state index contributed by atoms with van der Waals surface area (Å²) in [5.41, 5.74) is 10.3. The van der Waals surface area contributed by atoms with Crippen LogP contribution in [0.1, 0.15) is 0 Å². The Kier molecular flexibility index (Phi) is 33.9. The lowest BCUT2D eigenvalue weighted by Crippen LogP contribution is -2.69. The van der Waals surface area contributed by atoms with Crippen LogP contribution in [0, 0.1) is 0 Å². The minimum absolute atomic E-state index is 0.0494. The molecule has 21 heterocycles. The SMILES string of the molecule is COC[C@H]1O[C@@H]2O[C@H]3[C@H](OC)[C@@H](OC)[C@@H](O[C@H]4[C@H](OC)[C@@H](OC)[C@@H](O[C@H]5[C@H](OC)[C@@H](OC)[C@@H](O[C@H]6[C@H](OC)[C@H](N=[N+]=[N-])[C@@H](O[C@H]7[C@@H](OC)[C@H](OC)[C@@H](O[C@H]8[C@@H](OC)[C@H](OC)[C@@H](O[C@H]1[C@H](OC)[C@H]2OC)O[C@@H]8COC)O[C@@H]7COC)O[C@@H]6COC)O[C@@H]5COC)O[C@@H]4COC)O[C@@H]3COC. The highest BCUT2D eigenvalue weighted by atomic mass is 16.8. The maximum absolute atomic E-state index is 10.3. The van der Waals surface area contributed by atoms with E-state index in [1.807, 2.05) is 0 Å². The molecule has 576 valence electrons. The van der Waals surface area contributed by atoms with Gasteiger partial charge in [0.05, 0.1) is 52.4 Å². The van der Waals surface area contributed by atoms with E-state index in [-0.39, 0.29) is 46.2 Å². The first-order chi connectivity index (χ1) is 48.2. The van der Waals surface area contributed by atoms with E-state index in [2.05, 4.69) is 10.0 Å². The Morgan fingerprint density at radius 2 is 0.364 bits per heavy atom. The van der Waals surface area contributed by atoms with Crippen molar-refractivity contribution < 1.29 is 161 Å². The Balaban J connectivity index is 1.24. The first kappa shape index (κ1) is 82.6. The van der Waals surface area contributed by atoms with Crippen LogP contribution in [0.25, 0.3) is 10.4 Å². The Morgan fingerprint density at radius 1 is 0.212 bits per heavy atom. The summed E-state index contributed by atoms with van der Waals surface area (Å²) >= 11 is 0. The van der Waals surface area contributed by atoms with E-state index >= 15 is 0 Å². The first-order valence-corrected chi connectivity index (χ1v) is 32.7. The Labute approximate surface area is 578 Å². The third-order valence-electron chi connectivity index (χ3n) is 19.2. The molecular formula is C62H109N3O34. The van der Waals surface area contributed by atoms with Crippen LogP contribution in [-0.2, 0) is 161 Å². The van der Waals surface area contributed by atoms with Gasteiger partial charge < -0.3 is 161 Å². The van der Waals surface area contributed by atoms with Crippen LogP contribution in [0.2, 0.25) is 0 Å². The fourth-order valence-corrected chi connectivity index (χ4v) is 14.8. The van der Waals surface area contributed by atoms with Gasteiger partial charge in [-0.25, -0.2) is 0 Å². The molecule has 0 spiro atoms. The molecule has 14 bridgehead atoms. The van der Waals surface area contributed by atoms with E-state index < -0.39 is 215 Å². The fourth-order valence-electron chi connectivity index (χ4n) is 14.8. The molecule has 0 aromatic carbocycles. The molecule has 21 aliphatic rings. The molecule has 21 saturated heterocycles. The molecule has 35 atom stereocenters. The normalized spacial score (nSPS) is 45.6. The fraction of sp³-hybridized carbons (Fsp3) is 1.00. The predicted octanol–water partition coefficient (Wildman–Crippen LogP) is -0.831. The summed E-state index contributed by atoms with van der Waals surface area (Å²) in [6.45, 7) is -0.516. The molecule has 0 saturated carbocycles. The number of nitrogens with zero attached hydrogens (tertiary/aromatic N) is 3. The summed E-state index contributed by atoms with van der Waals surface area (Å²) < 4.78 is 219. The van der Waals surface area contributed by atoms with Crippen LogP contribution >= 0.6 is 0 Å². The highest BCUT2D eigenvalue weighted by Gasteiger charge is 2.62. The molecule has 0 unspecified atom stereocenters. The molecule has 0 amide bonds. The van der Waals surface area contributed by atoms with Crippen molar-refractivity contribution in [3.05, 3.63) is 10.4 Å². The number of methoxy groups -OCH3 is 20. The zero-order chi connectivity index (χ0) is 71.6. The van der Waals surface area contributed by atoms with Gasteiger partial charge in [-0.1, -0.05) is 5.11 Å². The number of hydrogen-bond donors (Lipinski definition) is 0. The first-order valence-electron chi connectivity index (χ1n) is 32.7. The standard InChI is InChI=1S/C62H109N3O34/c1-66-21-28-36-43(73-8)35(64-65-63)56(86-28)93-37-29(22-67-2)87-58(50(80-15)44(37)74-9)95-39-31(24-69-4)89-60(52(82-17)46(39)76-11)97-41-33(26-71-6)91-62(54(84-19)48(41)78-13)99-42-34(27-72-7)92-61(55(85-20)49(42)79-14)98-40-32(25-70-5)90-59(53(83-18)47(40)77-12)96-38-30(23-68-3)88-57(94-36)51(81-16)45(38)75-10/h28-62H,21-27H2,1-20H3/t28-,29-,30-,31-,32-,33-,34-,35+,36-,37-,38-,39-,40-,41-,42-,43-,44-,45+,46-,47+,48+,49+,50+,51-,52+,53-,54-,55-,56-,57-,58-,59-,60-,61-,62-/m1/s1. The summed E-state index contributed by atoms with van der Waals surface area (Å²) in [6.07, 6.45) is -36.6.